The van der Waals surface area contributed by atoms with Crippen LogP contribution in [-0.2, 0) is 0 Å². The van der Waals surface area contributed by atoms with Gasteiger partial charge < -0.3 is 8.97 Å². The molecule has 1 aliphatic carbocycles. The highest BCUT2D eigenvalue weighted by Gasteiger charge is 2.51. The summed E-state index contributed by atoms with van der Waals surface area (Å²) in [6.45, 7) is 13.8. The van der Waals surface area contributed by atoms with Gasteiger partial charge >= 0.3 is 0 Å². The summed E-state index contributed by atoms with van der Waals surface area (Å²) in [7, 11) is 5.05. The molecule has 2 heteroatoms. The van der Waals surface area contributed by atoms with E-state index in [-0.39, 0.29) is 0 Å². The average molecular weight is 323 g/mol. The van der Waals surface area contributed by atoms with E-state index in [2.05, 4.69) is 27.9 Å². The maximum Gasteiger partial charge on any atom is 0.0818 e. The van der Waals surface area contributed by atoms with Crippen molar-refractivity contribution in [1.29, 1.82) is 0 Å². The van der Waals surface area contributed by atoms with Gasteiger partial charge in [0.15, 0.2) is 0 Å². The number of quaternary nitrogens is 2. The Hall–Kier alpha value is -0.0800. The fourth-order valence-electron chi connectivity index (χ4n) is 5.88. The standard InChI is InChI=1S/C21H42N2/c1-21(2)19(11-16-22(3)12-7-5-8-13-22)17-20(21)18-23(4)14-9-6-10-15-23/h19-20H,5-18H2,1-4H3/q+2. The van der Waals surface area contributed by atoms with E-state index < -0.39 is 0 Å². The van der Waals surface area contributed by atoms with E-state index in [0.717, 1.165) is 11.8 Å². The number of nitrogens with zero attached hydrogens (tertiary/aromatic N) is 2. The van der Waals surface area contributed by atoms with Gasteiger partial charge in [-0.15, -0.1) is 0 Å². The highest BCUT2D eigenvalue weighted by atomic mass is 15.3. The molecule has 0 bridgehead atoms. The minimum Gasteiger partial charge on any atom is -0.326 e. The van der Waals surface area contributed by atoms with Crippen molar-refractivity contribution >= 4 is 0 Å². The highest BCUT2D eigenvalue weighted by molar-refractivity contribution is 4.96. The molecule has 2 saturated heterocycles. The quantitative estimate of drug-likeness (QED) is 0.662. The van der Waals surface area contributed by atoms with Crippen LogP contribution in [0.25, 0.3) is 0 Å². The second-order valence-corrected chi connectivity index (χ2v) is 10.4. The molecule has 0 aromatic carbocycles. The van der Waals surface area contributed by atoms with Crippen molar-refractivity contribution in [3.05, 3.63) is 0 Å². The third-order valence-corrected chi connectivity index (χ3v) is 8.14. The Bertz CT molecular complexity index is 389. The maximum atomic E-state index is 2.58. The predicted octanol–water partition coefficient (Wildman–Crippen LogP) is 4.30. The van der Waals surface area contributed by atoms with Gasteiger partial charge in [0.2, 0.25) is 0 Å². The van der Waals surface area contributed by atoms with Crippen molar-refractivity contribution in [1.82, 2.24) is 0 Å². The van der Waals surface area contributed by atoms with Crippen LogP contribution in [0.5, 0.6) is 0 Å². The third-order valence-electron chi connectivity index (χ3n) is 8.14. The molecule has 0 N–H and O–H groups in total. The van der Waals surface area contributed by atoms with Crippen LogP contribution >= 0.6 is 0 Å². The Labute approximate surface area is 145 Å². The van der Waals surface area contributed by atoms with Crippen molar-refractivity contribution in [2.45, 2.75) is 65.2 Å². The largest absolute Gasteiger partial charge is 0.326 e. The third kappa shape index (κ3) is 3.95. The monoisotopic (exact) mass is 322 g/mol. The Kier molecular flexibility index (Phi) is 5.14. The van der Waals surface area contributed by atoms with Gasteiger partial charge in [-0.2, -0.15) is 0 Å². The van der Waals surface area contributed by atoms with Crippen LogP contribution in [0.4, 0.5) is 0 Å². The molecule has 0 spiro atoms. The first-order chi connectivity index (χ1) is 10.8. The molecule has 134 valence electrons. The van der Waals surface area contributed by atoms with Crippen LogP contribution < -0.4 is 0 Å². The van der Waals surface area contributed by atoms with E-state index >= 15 is 0 Å². The minimum absolute atomic E-state index is 0.591. The summed E-state index contributed by atoms with van der Waals surface area (Å²) in [5, 5.41) is 0. The summed E-state index contributed by atoms with van der Waals surface area (Å²) in [4.78, 5) is 0. The fraction of sp³-hybridized carbons (Fsp3) is 1.00. The number of hydrogen-bond acceptors (Lipinski definition) is 0. The zero-order valence-corrected chi connectivity index (χ0v) is 16.4. The number of piperidine rings is 2. The van der Waals surface area contributed by atoms with Gasteiger partial charge in [-0.1, -0.05) is 13.8 Å². The molecule has 0 aromatic rings. The normalized spacial score (nSPS) is 35.5. The van der Waals surface area contributed by atoms with Gasteiger partial charge in [-0.05, 0) is 62.7 Å². The summed E-state index contributed by atoms with van der Waals surface area (Å²) in [5.74, 6) is 1.96. The first-order valence-corrected chi connectivity index (χ1v) is 10.5. The highest BCUT2D eigenvalue weighted by Crippen LogP contribution is 2.54. The van der Waals surface area contributed by atoms with Crippen LogP contribution in [0.2, 0.25) is 0 Å². The summed E-state index contributed by atoms with van der Waals surface area (Å²) >= 11 is 0. The van der Waals surface area contributed by atoms with Gasteiger partial charge in [0.25, 0.3) is 0 Å². The molecule has 0 radical (unpaired) electrons. The van der Waals surface area contributed by atoms with Crippen molar-refractivity contribution in [3.63, 3.8) is 0 Å². The lowest BCUT2D eigenvalue weighted by atomic mass is 9.53. The average Bonchev–Trinajstić information content (AvgIpc) is 2.51. The van der Waals surface area contributed by atoms with Crippen LogP contribution in [-0.4, -0.2) is 62.3 Å². The van der Waals surface area contributed by atoms with E-state index in [1.165, 1.54) is 99.6 Å². The molecule has 2 aliphatic heterocycles. The summed E-state index contributed by atoms with van der Waals surface area (Å²) in [6.07, 6.45) is 11.8. The summed E-state index contributed by atoms with van der Waals surface area (Å²) in [6, 6.07) is 0. The zero-order valence-electron chi connectivity index (χ0n) is 16.4. The number of rotatable bonds is 5. The Morgan fingerprint density at radius 3 is 1.78 bits per heavy atom. The van der Waals surface area contributed by atoms with Crippen molar-refractivity contribution in [2.75, 3.05) is 53.4 Å². The second-order valence-electron chi connectivity index (χ2n) is 10.4. The van der Waals surface area contributed by atoms with E-state index in [4.69, 9.17) is 0 Å². The van der Waals surface area contributed by atoms with Crippen LogP contribution in [0.1, 0.15) is 65.2 Å². The molecule has 2 unspecified atom stereocenters. The topological polar surface area (TPSA) is 0 Å². The van der Waals surface area contributed by atoms with Gasteiger partial charge in [0, 0.05) is 5.92 Å². The van der Waals surface area contributed by atoms with E-state index in [0.29, 0.717) is 5.41 Å². The first-order valence-electron chi connectivity index (χ1n) is 10.5. The first kappa shape index (κ1) is 17.7. The minimum atomic E-state index is 0.591. The molecule has 2 atom stereocenters. The van der Waals surface area contributed by atoms with E-state index in [9.17, 15) is 0 Å². The van der Waals surface area contributed by atoms with Crippen molar-refractivity contribution in [2.24, 2.45) is 17.3 Å². The second kappa shape index (κ2) is 6.67. The molecular weight excluding hydrogens is 280 g/mol. The van der Waals surface area contributed by atoms with Gasteiger partial charge in [-0.3, -0.25) is 0 Å². The van der Waals surface area contributed by atoms with Crippen LogP contribution in [0.15, 0.2) is 0 Å². The van der Waals surface area contributed by atoms with Crippen LogP contribution in [0.3, 0.4) is 0 Å². The SMILES string of the molecule is CC1(C)C(CC[N+]2(C)CCCCC2)CC1C[N+]1(C)CCCCC1. The van der Waals surface area contributed by atoms with Crippen molar-refractivity contribution < 1.29 is 8.97 Å². The van der Waals surface area contributed by atoms with Crippen molar-refractivity contribution in [3.8, 4) is 0 Å². The Morgan fingerprint density at radius 2 is 1.26 bits per heavy atom. The molecule has 23 heavy (non-hydrogen) atoms. The van der Waals surface area contributed by atoms with E-state index in [1.54, 1.807) is 0 Å². The molecule has 2 nitrogen and oxygen atoms in total. The fourth-order valence-corrected chi connectivity index (χ4v) is 5.88. The molecule has 0 aromatic heterocycles. The predicted molar refractivity (Wildman–Crippen MR) is 99.3 cm³/mol. The van der Waals surface area contributed by atoms with Gasteiger partial charge in [0.1, 0.15) is 0 Å². The smallest absolute Gasteiger partial charge is 0.0818 e. The molecule has 2 heterocycles. The van der Waals surface area contributed by atoms with Crippen LogP contribution in [0, 0.1) is 17.3 Å². The van der Waals surface area contributed by atoms with E-state index in [1.807, 2.05) is 0 Å². The number of hydrogen-bond donors (Lipinski definition) is 0. The molecule has 3 rings (SSSR count). The van der Waals surface area contributed by atoms with Gasteiger partial charge in [-0.25, -0.2) is 0 Å². The Balaban J connectivity index is 1.48. The molecule has 1 saturated carbocycles. The zero-order chi connectivity index (χ0) is 16.6. The Morgan fingerprint density at radius 1 is 0.739 bits per heavy atom. The lowest BCUT2D eigenvalue weighted by molar-refractivity contribution is -0.919. The van der Waals surface area contributed by atoms with Gasteiger partial charge in [0.05, 0.1) is 53.4 Å². The summed E-state index contributed by atoms with van der Waals surface area (Å²) in [5.41, 5.74) is 0.591. The molecule has 3 aliphatic rings. The molecule has 3 fully saturated rings. The molecule has 0 amide bonds. The maximum absolute atomic E-state index is 2.58. The summed E-state index contributed by atoms with van der Waals surface area (Å²) < 4.78 is 2.74. The lowest BCUT2D eigenvalue weighted by Gasteiger charge is -2.55. The lowest BCUT2D eigenvalue weighted by Crippen LogP contribution is -2.58. The molecular formula is C21H42N2+2. The number of likely N-dealkylation sites (tertiary alicyclic amines) is 2.